The molecule has 0 fully saturated rings. The quantitative estimate of drug-likeness (QED) is 0.646. The van der Waals surface area contributed by atoms with Gasteiger partial charge >= 0.3 is 5.97 Å². The Morgan fingerprint density at radius 3 is 2.94 bits per heavy atom. The summed E-state index contributed by atoms with van der Waals surface area (Å²) in [6.45, 7) is 0.444. The maximum absolute atomic E-state index is 10.7. The van der Waals surface area contributed by atoms with E-state index in [1.54, 1.807) is 19.2 Å². The number of carboxylic acid groups (broad SMARTS) is 1. The molecular weight excluding hydrogens is 224 g/mol. The molecule has 0 spiro atoms. The van der Waals surface area contributed by atoms with Crippen LogP contribution < -0.4 is 5.32 Å². The van der Waals surface area contributed by atoms with Crippen LogP contribution in [0.2, 0.25) is 0 Å². The van der Waals surface area contributed by atoms with Gasteiger partial charge in [0.25, 0.3) is 0 Å². The van der Waals surface area contributed by atoms with E-state index in [9.17, 15) is 4.79 Å². The number of aliphatic hydroxyl groups is 1. The highest BCUT2D eigenvalue weighted by molar-refractivity contribution is 5.85. The molecule has 0 radical (unpaired) electrons. The summed E-state index contributed by atoms with van der Waals surface area (Å²) in [7, 11) is 1.56. The fourth-order valence-electron chi connectivity index (χ4n) is 1.40. The molecule has 0 bridgehead atoms. The van der Waals surface area contributed by atoms with Gasteiger partial charge in [0.15, 0.2) is 5.69 Å². The van der Waals surface area contributed by atoms with Gasteiger partial charge in [-0.05, 0) is 18.6 Å². The molecule has 94 valence electrons. The second kappa shape index (κ2) is 6.82. The van der Waals surface area contributed by atoms with Crippen LogP contribution in [0.4, 0.5) is 5.82 Å². The van der Waals surface area contributed by atoms with Crippen LogP contribution in [-0.4, -0.2) is 47.5 Å². The lowest BCUT2D eigenvalue weighted by molar-refractivity contribution is 0.0690. The molecule has 6 heteroatoms. The number of carbonyl (C=O) groups is 1. The zero-order valence-corrected chi connectivity index (χ0v) is 9.59. The average molecular weight is 240 g/mol. The summed E-state index contributed by atoms with van der Waals surface area (Å²) in [6, 6.07) is 4.61. The number of methoxy groups -OCH3 is 1. The molecule has 0 aliphatic heterocycles. The summed E-state index contributed by atoms with van der Waals surface area (Å²) in [5.74, 6) is -0.612. The van der Waals surface area contributed by atoms with Crippen LogP contribution in [0.5, 0.6) is 0 Å². The van der Waals surface area contributed by atoms with E-state index >= 15 is 0 Å². The first-order valence-electron chi connectivity index (χ1n) is 5.24. The standard InChI is InChI=1S/C11H16N2O4/c1-17-7-8(5-6-14)12-10-4-2-3-9(13-10)11(15)16/h2-4,8,14H,5-7H2,1H3,(H,12,13)(H,15,16). The van der Waals surface area contributed by atoms with Crippen LogP contribution in [0.1, 0.15) is 16.9 Å². The van der Waals surface area contributed by atoms with Crippen molar-refractivity contribution in [1.29, 1.82) is 0 Å². The summed E-state index contributed by atoms with van der Waals surface area (Å²) >= 11 is 0. The van der Waals surface area contributed by atoms with Crippen LogP contribution >= 0.6 is 0 Å². The molecule has 0 aromatic carbocycles. The van der Waals surface area contributed by atoms with Crippen LogP contribution in [0.15, 0.2) is 18.2 Å². The highest BCUT2D eigenvalue weighted by Gasteiger charge is 2.10. The van der Waals surface area contributed by atoms with Crippen molar-refractivity contribution in [2.75, 3.05) is 25.6 Å². The van der Waals surface area contributed by atoms with Crippen LogP contribution in [0, 0.1) is 0 Å². The number of anilines is 1. The summed E-state index contributed by atoms with van der Waals surface area (Å²) in [5.41, 5.74) is -0.0184. The molecule has 1 heterocycles. The second-order valence-electron chi connectivity index (χ2n) is 3.52. The molecule has 1 rings (SSSR count). The van der Waals surface area contributed by atoms with Crippen LogP contribution in [0.3, 0.4) is 0 Å². The Kier molecular flexibility index (Phi) is 5.38. The van der Waals surface area contributed by atoms with E-state index in [1.807, 2.05) is 0 Å². The van der Waals surface area contributed by atoms with E-state index in [-0.39, 0.29) is 18.3 Å². The highest BCUT2D eigenvalue weighted by Crippen LogP contribution is 2.08. The number of rotatable bonds is 7. The van der Waals surface area contributed by atoms with E-state index in [0.29, 0.717) is 18.8 Å². The minimum atomic E-state index is -1.07. The third-order valence-corrected chi connectivity index (χ3v) is 2.17. The molecule has 1 unspecified atom stereocenters. The number of ether oxygens (including phenoxy) is 1. The molecule has 0 saturated carbocycles. The van der Waals surface area contributed by atoms with E-state index < -0.39 is 5.97 Å². The maximum atomic E-state index is 10.7. The van der Waals surface area contributed by atoms with Gasteiger partial charge < -0.3 is 20.3 Å². The monoisotopic (exact) mass is 240 g/mol. The molecule has 1 atom stereocenters. The van der Waals surface area contributed by atoms with Gasteiger partial charge in [-0.25, -0.2) is 9.78 Å². The Balaban J connectivity index is 2.71. The minimum absolute atomic E-state index is 0.0184. The topological polar surface area (TPSA) is 91.7 Å². The lowest BCUT2D eigenvalue weighted by Gasteiger charge is -2.17. The number of aromatic nitrogens is 1. The Bertz CT molecular complexity index is 364. The van der Waals surface area contributed by atoms with Gasteiger partial charge in [-0.15, -0.1) is 0 Å². The average Bonchev–Trinajstić information content (AvgIpc) is 2.30. The third-order valence-electron chi connectivity index (χ3n) is 2.17. The Labute approximate surface area is 99.3 Å². The molecule has 3 N–H and O–H groups in total. The normalized spacial score (nSPS) is 12.1. The minimum Gasteiger partial charge on any atom is -0.477 e. The van der Waals surface area contributed by atoms with Crippen molar-refractivity contribution in [3.8, 4) is 0 Å². The van der Waals surface area contributed by atoms with Gasteiger partial charge in [0, 0.05) is 13.7 Å². The molecule has 0 saturated heterocycles. The lowest BCUT2D eigenvalue weighted by Crippen LogP contribution is -2.26. The van der Waals surface area contributed by atoms with Crippen molar-refractivity contribution in [3.63, 3.8) is 0 Å². The van der Waals surface area contributed by atoms with Crippen molar-refractivity contribution in [2.24, 2.45) is 0 Å². The van der Waals surface area contributed by atoms with Gasteiger partial charge in [0.1, 0.15) is 5.82 Å². The Morgan fingerprint density at radius 2 is 2.35 bits per heavy atom. The molecular formula is C11H16N2O4. The third kappa shape index (κ3) is 4.38. The first-order valence-corrected chi connectivity index (χ1v) is 5.24. The van der Waals surface area contributed by atoms with Crippen molar-refractivity contribution in [1.82, 2.24) is 4.98 Å². The smallest absolute Gasteiger partial charge is 0.354 e. The summed E-state index contributed by atoms with van der Waals surface area (Å²) < 4.78 is 4.99. The largest absolute Gasteiger partial charge is 0.477 e. The van der Waals surface area contributed by atoms with Gasteiger partial charge in [0.2, 0.25) is 0 Å². The number of aromatic carboxylic acids is 1. The van der Waals surface area contributed by atoms with Crippen LogP contribution in [-0.2, 0) is 4.74 Å². The zero-order chi connectivity index (χ0) is 12.7. The number of nitrogens with zero attached hydrogens (tertiary/aromatic N) is 1. The summed E-state index contributed by atoms with van der Waals surface area (Å²) in [6.07, 6.45) is 0.507. The van der Waals surface area contributed by atoms with Gasteiger partial charge in [0.05, 0.1) is 12.6 Å². The zero-order valence-electron chi connectivity index (χ0n) is 9.59. The van der Waals surface area contributed by atoms with Crippen molar-refractivity contribution < 1.29 is 19.7 Å². The molecule has 0 aliphatic carbocycles. The first-order chi connectivity index (χ1) is 8.17. The molecule has 17 heavy (non-hydrogen) atoms. The van der Waals surface area contributed by atoms with E-state index in [2.05, 4.69) is 10.3 Å². The first kappa shape index (κ1) is 13.4. The van der Waals surface area contributed by atoms with Crippen LogP contribution in [0.25, 0.3) is 0 Å². The van der Waals surface area contributed by atoms with Gasteiger partial charge in [-0.3, -0.25) is 0 Å². The van der Waals surface area contributed by atoms with Crippen molar-refractivity contribution in [3.05, 3.63) is 23.9 Å². The van der Waals surface area contributed by atoms with E-state index in [0.717, 1.165) is 0 Å². The second-order valence-corrected chi connectivity index (χ2v) is 3.52. The highest BCUT2D eigenvalue weighted by atomic mass is 16.5. The fraction of sp³-hybridized carbons (Fsp3) is 0.455. The summed E-state index contributed by atoms with van der Waals surface area (Å²) in [5, 5.41) is 20.7. The Morgan fingerprint density at radius 1 is 1.59 bits per heavy atom. The molecule has 0 amide bonds. The van der Waals surface area contributed by atoms with Crippen molar-refractivity contribution >= 4 is 11.8 Å². The van der Waals surface area contributed by atoms with E-state index in [1.165, 1.54) is 6.07 Å². The predicted octanol–water partition coefficient (Wildman–Crippen LogP) is 0.589. The van der Waals surface area contributed by atoms with Gasteiger partial charge in [-0.1, -0.05) is 6.07 Å². The predicted molar refractivity (Wildman–Crippen MR) is 62.2 cm³/mol. The Hall–Kier alpha value is -1.66. The number of aliphatic hydroxyl groups excluding tert-OH is 1. The number of nitrogens with one attached hydrogen (secondary N) is 1. The fourth-order valence-corrected chi connectivity index (χ4v) is 1.40. The number of pyridine rings is 1. The molecule has 0 aliphatic rings. The maximum Gasteiger partial charge on any atom is 0.354 e. The number of hydrogen-bond acceptors (Lipinski definition) is 5. The SMILES string of the molecule is COCC(CCO)Nc1cccc(C(=O)O)n1. The van der Waals surface area contributed by atoms with Crippen molar-refractivity contribution in [2.45, 2.75) is 12.5 Å². The lowest BCUT2D eigenvalue weighted by atomic mass is 10.2. The number of hydrogen-bond donors (Lipinski definition) is 3. The van der Waals surface area contributed by atoms with E-state index in [4.69, 9.17) is 14.9 Å². The van der Waals surface area contributed by atoms with Gasteiger partial charge in [-0.2, -0.15) is 0 Å². The molecule has 1 aromatic heterocycles. The molecule has 1 aromatic rings. The number of carboxylic acids is 1. The summed E-state index contributed by atoms with van der Waals surface area (Å²) in [4.78, 5) is 14.7. The molecule has 6 nitrogen and oxygen atoms in total.